The van der Waals surface area contributed by atoms with Crippen LogP contribution in [0.2, 0.25) is 0 Å². The molecule has 0 bridgehead atoms. The predicted molar refractivity (Wildman–Crippen MR) is 60.2 cm³/mol. The maximum absolute atomic E-state index is 13.6. The quantitative estimate of drug-likeness (QED) is 0.746. The molecule has 94 valence electrons. The van der Waals surface area contributed by atoms with Gasteiger partial charge in [-0.1, -0.05) is 0 Å². The van der Waals surface area contributed by atoms with E-state index in [-0.39, 0.29) is 0 Å². The van der Waals surface area contributed by atoms with E-state index in [4.69, 9.17) is 4.74 Å². The largest absolute Gasteiger partial charge is 0.444 e. The van der Waals surface area contributed by atoms with Crippen LogP contribution in [0.15, 0.2) is 0 Å². The van der Waals surface area contributed by atoms with E-state index >= 15 is 0 Å². The summed E-state index contributed by atoms with van der Waals surface area (Å²) in [6.07, 6.45) is -0.937. The van der Waals surface area contributed by atoms with Crippen molar-refractivity contribution >= 4 is 6.09 Å². The Balaban J connectivity index is 2.39. The van der Waals surface area contributed by atoms with Crippen molar-refractivity contribution in [2.24, 2.45) is 0 Å². The van der Waals surface area contributed by atoms with Crippen molar-refractivity contribution < 1.29 is 13.9 Å². The number of ether oxygens (including phenoxy) is 1. The Kier molecular flexibility index (Phi) is 4.13. The number of carbonyl (C=O) groups excluding carboxylic acids is 1. The van der Waals surface area contributed by atoms with E-state index in [2.05, 4.69) is 5.32 Å². The fourth-order valence-corrected chi connectivity index (χ4v) is 1.68. The highest BCUT2D eigenvalue weighted by atomic mass is 19.1. The summed E-state index contributed by atoms with van der Waals surface area (Å²) in [5.41, 5.74) is -0.540. The lowest BCUT2D eigenvalue weighted by Crippen LogP contribution is -2.52. The average molecular weight is 232 g/mol. The Morgan fingerprint density at radius 1 is 1.50 bits per heavy atom. The molecule has 4 nitrogen and oxygen atoms in total. The third-order valence-electron chi connectivity index (χ3n) is 2.45. The first-order valence-electron chi connectivity index (χ1n) is 5.60. The molecule has 1 saturated heterocycles. The van der Waals surface area contributed by atoms with Gasteiger partial charge in [0.25, 0.3) is 0 Å². The standard InChI is InChI=1S/C11H21FN2O2/c1-11(2,3)16-10(15)13-9-5-6-14(4)7-8(9)12/h8-9H,5-7H2,1-4H3,(H,13,15)/t8-,9+/m0/s1. The molecule has 0 aromatic heterocycles. The molecule has 1 heterocycles. The van der Waals surface area contributed by atoms with Crippen LogP contribution < -0.4 is 5.32 Å². The molecule has 1 fully saturated rings. The van der Waals surface area contributed by atoms with Gasteiger partial charge in [0.1, 0.15) is 11.8 Å². The molecule has 2 atom stereocenters. The smallest absolute Gasteiger partial charge is 0.407 e. The Morgan fingerprint density at radius 3 is 2.62 bits per heavy atom. The van der Waals surface area contributed by atoms with Crippen molar-refractivity contribution in [2.45, 2.75) is 45.0 Å². The summed E-state index contributed by atoms with van der Waals surface area (Å²) >= 11 is 0. The molecule has 0 aromatic carbocycles. The summed E-state index contributed by atoms with van der Waals surface area (Å²) in [5.74, 6) is 0. The Bertz CT molecular complexity index is 253. The van der Waals surface area contributed by atoms with Crippen LogP contribution in [0.3, 0.4) is 0 Å². The summed E-state index contributed by atoms with van der Waals surface area (Å²) in [6, 6.07) is -0.425. The van der Waals surface area contributed by atoms with Crippen LogP contribution in [0.1, 0.15) is 27.2 Å². The number of alkyl carbamates (subject to hydrolysis) is 1. The number of nitrogens with one attached hydrogen (secondary N) is 1. The summed E-state index contributed by atoms with van der Waals surface area (Å²) in [4.78, 5) is 13.4. The summed E-state index contributed by atoms with van der Waals surface area (Å²) < 4.78 is 18.7. The Hall–Kier alpha value is -0.840. The highest BCUT2D eigenvalue weighted by Crippen LogP contribution is 2.14. The maximum atomic E-state index is 13.6. The average Bonchev–Trinajstić information content (AvgIpc) is 2.06. The van der Waals surface area contributed by atoms with Crippen molar-refractivity contribution in [3.8, 4) is 0 Å². The molecule has 0 aromatic rings. The Morgan fingerprint density at radius 2 is 2.12 bits per heavy atom. The van der Waals surface area contributed by atoms with Crippen LogP contribution in [-0.4, -0.2) is 48.9 Å². The van der Waals surface area contributed by atoms with Gasteiger partial charge in [0, 0.05) is 13.1 Å². The van der Waals surface area contributed by atoms with Gasteiger partial charge in [-0.2, -0.15) is 0 Å². The van der Waals surface area contributed by atoms with Crippen LogP contribution >= 0.6 is 0 Å². The lowest BCUT2D eigenvalue weighted by Gasteiger charge is -2.33. The molecular formula is C11H21FN2O2. The topological polar surface area (TPSA) is 41.6 Å². The Labute approximate surface area is 96.1 Å². The van der Waals surface area contributed by atoms with E-state index in [1.807, 2.05) is 11.9 Å². The SMILES string of the molecule is CN1CC[C@@H](NC(=O)OC(C)(C)C)[C@@H](F)C1. The minimum atomic E-state index is -1.02. The first-order valence-corrected chi connectivity index (χ1v) is 5.60. The number of alkyl halides is 1. The van der Waals surface area contributed by atoms with Crippen LogP contribution in [0.5, 0.6) is 0 Å². The number of halogens is 1. The van der Waals surface area contributed by atoms with Gasteiger partial charge in [-0.3, -0.25) is 0 Å². The van der Waals surface area contributed by atoms with Crippen molar-refractivity contribution in [3.63, 3.8) is 0 Å². The van der Waals surface area contributed by atoms with Gasteiger partial charge < -0.3 is 15.0 Å². The summed E-state index contributed by atoms with van der Waals surface area (Å²) in [5, 5.41) is 2.58. The number of likely N-dealkylation sites (tertiary alicyclic amines) is 1. The number of amides is 1. The first kappa shape index (κ1) is 13.2. The predicted octanol–water partition coefficient (Wildman–Crippen LogP) is 1.55. The number of hydrogen-bond donors (Lipinski definition) is 1. The van der Waals surface area contributed by atoms with E-state index in [1.54, 1.807) is 20.8 Å². The zero-order valence-corrected chi connectivity index (χ0v) is 10.4. The first-order chi connectivity index (χ1) is 7.28. The van der Waals surface area contributed by atoms with Crippen molar-refractivity contribution in [1.29, 1.82) is 0 Å². The van der Waals surface area contributed by atoms with Crippen molar-refractivity contribution in [1.82, 2.24) is 10.2 Å². The fourth-order valence-electron chi connectivity index (χ4n) is 1.68. The van der Waals surface area contributed by atoms with Gasteiger partial charge in [-0.05, 0) is 34.2 Å². The zero-order valence-electron chi connectivity index (χ0n) is 10.4. The van der Waals surface area contributed by atoms with Crippen molar-refractivity contribution in [2.75, 3.05) is 20.1 Å². The normalized spacial score (nSPS) is 27.6. The minimum absolute atomic E-state index is 0.362. The van der Waals surface area contributed by atoms with Gasteiger partial charge >= 0.3 is 6.09 Å². The monoisotopic (exact) mass is 232 g/mol. The van der Waals surface area contributed by atoms with E-state index < -0.39 is 23.9 Å². The maximum Gasteiger partial charge on any atom is 0.407 e. The molecule has 1 amide bonds. The molecule has 1 aliphatic rings. The second kappa shape index (κ2) is 4.99. The number of carbonyl (C=O) groups is 1. The van der Waals surface area contributed by atoms with E-state index in [0.717, 1.165) is 6.54 Å². The van der Waals surface area contributed by atoms with E-state index in [0.29, 0.717) is 13.0 Å². The second-order valence-corrected chi connectivity index (χ2v) is 5.32. The molecular weight excluding hydrogens is 211 g/mol. The van der Waals surface area contributed by atoms with E-state index in [9.17, 15) is 9.18 Å². The molecule has 0 aliphatic carbocycles. The molecule has 0 spiro atoms. The van der Waals surface area contributed by atoms with Gasteiger partial charge in [0.2, 0.25) is 0 Å². The number of nitrogens with zero attached hydrogens (tertiary/aromatic N) is 1. The van der Waals surface area contributed by atoms with Crippen LogP contribution in [0, 0.1) is 0 Å². The zero-order chi connectivity index (χ0) is 12.3. The number of hydrogen-bond acceptors (Lipinski definition) is 3. The van der Waals surface area contributed by atoms with Gasteiger partial charge in [0.05, 0.1) is 6.04 Å². The molecule has 5 heteroatoms. The minimum Gasteiger partial charge on any atom is -0.444 e. The third kappa shape index (κ3) is 4.35. The second-order valence-electron chi connectivity index (χ2n) is 5.32. The van der Waals surface area contributed by atoms with Crippen LogP contribution in [-0.2, 0) is 4.74 Å². The van der Waals surface area contributed by atoms with Gasteiger partial charge in [-0.15, -0.1) is 0 Å². The van der Waals surface area contributed by atoms with Crippen LogP contribution in [0.4, 0.5) is 9.18 Å². The molecule has 0 saturated carbocycles. The molecule has 16 heavy (non-hydrogen) atoms. The third-order valence-corrected chi connectivity index (χ3v) is 2.45. The molecule has 0 radical (unpaired) electrons. The summed E-state index contributed by atoms with van der Waals surface area (Å²) in [7, 11) is 1.87. The van der Waals surface area contributed by atoms with Crippen molar-refractivity contribution in [3.05, 3.63) is 0 Å². The molecule has 1 rings (SSSR count). The molecule has 1 aliphatic heterocycles. The van der Waals surface area contributed by atoms with Gasteiger partial charge in [-0.25, -0.2) is 9.18 Å². The highest BCUT2D eigenvalue weighted by Gasteiger charge is 2.30. The van der Waals surface area contributed by atoms with E-state index in [1.165, 1.54) is 0 Å². The number of piperidine rings is 1. The highest BCUT2D eigenvalue weighted by molar-refractivity contribution is 5.68. The molecule has 0 unspecified atom stereocenters. The molecule has 1 N–H and O–H groups in total. The lowest BCUT2D eigenvalue weighted by atomic mass is 10.0. The van der Waals surface area contributed by atoms with Gasteiger partial charge in [0.15, 0.2) is 0 Å². The summed E-state index contributed by atoms with van der Waals surface area (Å²) in [6.45, 7) is 6.51. The van der Waals surface area contributed by atoms with Crippen LogP contribution in [0.25, 0.3) is 0 Å². The fraction of sp³-hybridized carbons (Fsp3) is 0.909. The number of rotatable bonds is 1. The lowest BCUT2D eigenvalue weighted by molar-refractivity contribution is 0.0415.